The van der Waals surface area contributed by atoms with E-state index in [0.29, 0.717) is 6.07 Å². The molecule has 0 fully saturated rings. The van der Waals surface area contributed by atoms with Crippen LogP contribution in [0, 0.1) is 0 Å². The van der Waals surface area contributed by atoms with E-state index in [4.69, 9.17) is 0 Å². The molecule has 10 heteroatoms. The van der Waals surface area contributed by atoms with Gasteiger partial charge in [-0.3, -0.25) is 4.79 Å². The van der Waals surface area contributed by atoms with Crippen LogP contribution in [0.5, 0.6) is 5.75 Å². The van der Waals surface area contributed by atoms with Gasteiger partial charge in [-0.25, -0.2) is 13.1 Å². The van der Waals surface area contributed by atoms with Gasteiger partial charge in [-0.1, -0.05) is 6.07 Å². The Morgan fingerprint density at radius 3 is 2.48 bits per heavy atom. The molecule has 0 unspecified atom stereocenters. The van der Waals surface area contributed by atoms with E-state index in [2.05, 4.69) is 5.10 Å². The molecule has 0 amide bonds. The number of nitrogens with zero attached hydrogens (tertiary/aromatic N) is 2. The average molecular weight is 348 g/mol. The molecule has 1 aromatic heterocycles. The van der Waals surface area contributed by atoms with Crippen LogP contribution in [0.25, 0.3) is 11.1 Å². The summed E-state index contributed by atoms with van der Waals surface area (Å²) in [6.45, 7) is 0. The van der Waals surface area contributed by atoms with E-state index in [1.807, 2.05) is 0 Å². The normalized spacial score (nSPS) is 11.9. The Kier molecular flexibility index (Phi) is 4.46. The summed E-state index contributed by atoms with van der Waals surface area (Å²) < 4.78 is 61.0. The van der Waals surface area contributed by atoms with Crippen molar-refractivity contribution in [2.45, 2.75) is 11.9 Å². The molecule has 2 rings (SSSR count). The summed E-state index contributed by atoms with van der Waals surface area (Å²) in [6, 6.07) is 2.43. The predicted molar refractivity (Wildman–Crippen MR) is 75.6 cm³/mol. The van der Waals surface area contributed by atoms with Crippen LogP contribution in [-0.4, -0.2) is 23.3 Å². The van der Waals surface area contributed by atoms with Gasteiger partial charge in [0.25, 0.3) is 0 Å². The van der Waals surface area contributed by atoms with Crippen LogP contribution in [0.4, 0.5) is 13.2 Å². The predicted octanol–water partition coefficient (Wildman–Crippen LogP) is 1.28. The highest BCUT2D eigenvalue weighted by molar-refractivity contribution is 7.71. The summed E-state index contributed by atoms with van der Waals surface area (Å²) in [4.78, 5) is 11.7. The molecule has 0 aliphatic heterocycles. The molecule has 0 aliphatic rings. The Morgan fingerprint density at radius 2 is 1.91 bits per heavy atom. The Balaban J connectivity index is 2.72. The first kappa shape index (κ1) is 17.0. The summed E-state index contributed by atoms with van der Waals surface area (Å²) in [5, 5.41) is 13.6. The minimum Gasteiger partial charge on any atom is -0.503 e. The monoisotopic (exact) mass is 348 g/mol. The fraction of sp³-hybridized carbons (Fsp3) is 0.231. The highest BCUT2D eigenvalue weighted by atomic mass is 32.2. The number of hydrogen-bond donors (Lipinski definition) is 2. The molecular weight excluding hydrogens is 337 g/mol. The zero-order chi connectivity index (χ0) is 17.4. The largest absolute Gasteiger partial charge is 0.503 e. The summed E-state index contributed by atoms with van der Waals surface area (Å²) in [7, 11) is -1.72. The Bertz CT molecular complexity index is 880. The topological polar surface area (TPSA) is 89.3 Å². The molecule has 0 bridgehead atoms. The Labute approximate surface area is 129 Å². The molecule has 1 N–H and O–H groups in total. The molecule has 0 aliphatic carbocycles. The van der Waals surface area contributed by atoms with Crippen molar-refractivity contribution in [2.24, 2.45) is 7.05 Å². The molecule has 2 aromatic rings. The zero-order valence-corrected chi connectivity index (χ0v) is 12.6. The molecule has 1 heterocycles. The highest BCUT2D eigenvalue weighted by Gasteiger charge is 2.31. The number of aryl methyl sites for hydroxylation is 1. The van der Waals surface area contributed by atoms with E-state index in [-0.39, 0.29) is 16.7 Å². The van der Waals surface area contributed by atoms with E-state index in [0.717, 1.165) is 23.0 Å². The lowest BCUT2D eigenvalue weighted by molar-refractivity contribution is -0.137. The molecule has 0 radical (unpaired) electrons. The van der Waals surface area contributed by atoms with Crippen molar-refractivity contribution in [3.8, 4) is 16.9 Å². The number of halogens is 3. The standard InChI is InChI=1S/C13H11F3N2O4S/c1-18-12(20)11(19)10(5-17-18)9-3-2-8(13(14,15)16)4-7(9)6-23(21)22/h2-5,19,23H,6H2,1H3. The van der Waals surface area contributed by atoms with Crippen LogP contribution in [0.2, 0.25) is 0 Å². The van der Waals surface area contributed by atoms with Crippen LogP contribution >= 0.6 is 0 Å². The Morgan fingerprint density at radius 1 is 1.26 bits per heavy atom. The maximum absolute atomic E-state index is 12.8. The molecule has 0 saturated heterocycles. The third-order valence-corrected chi connectivity index (χ3v) is 3.73. The summed E-state index contributed by atoms with van der Waals surface area (Å²) in [6.07, 6.45) is -3.56. The van der Waals surface area contributed by atoms with Gasteiger partial charge < -0.3 is 5.11 Å². The molecular formula is C13H11F3N2O4S. The molecule has 0 saturated carbocycles. The van der Waals surface area contributed by atoms with Crippen molar-refractivity contribution in [3.05, 3.63) is 45.9 Å². The quantitative estimate of drug-likeness (QED) is 0.816. The molecule has 124 valence electrons. The second kappa shape index (κ2) is 6.03. The van der Waals surface area contributed by atoms with Gasteiger partial charge in [-0.05, 0) is 23.3 Å². The first-order chi connectivity index (χ1) is 10.6. The number of aromatic nitrogens is 2. The van der Waals surface area contributed by atoms with Crippen LogP contribution < -0.4 is 5.56 Å². The lowest BCUT2D eigenvalue weighted by atomic mass is 9.99. The van der Waals surface area contributed by atoms with Crippen LogP contribution in [0.3, 0.4) is 0 Å². The Hall–Kier alpha value is -2.36. The fourth-order valence-corrected chi connectivity index (χ4v) is 2.57. The van der Waals surface area contributed by atoms with E-state index >= 15 is 0 Å². The van der Waals surface area contributed by atoms with Crippen molar-refractivity contribution >= 4 is 10.7 Å². The number of thiol groups is 1. The average Bonchev–Trinajstić information content (AvgIpc) is 2.44. The maximum Gasteiger partial charge on any atom is 0.416 e. The third kappa shape index (κ3) is 3.52. The third-order valence-electron chi connectivity index (χ3n) is 3.13. The van der Waals surface area contributed by atoms with Gasteiger partial charge in [0.1, 0.15) is 10.7 Å². The molecule has 0 atom stereocenters. The second-order valence-corrected chi connectivity index (χ2v) is 5.68. The van der Waals surface area contributed by atoms with Gasteiger partial charge in [0.15, 0.2) is 5.75 Å². The first-order valence-corrected chi connectivity index (χ1v) is 7.55. The van der Waals surface area contributed by atoms with Crippen molar-refractivity contribution in [1.29, 1.82) is 0 Å². The summed E-state index contributed by atoms with van der Waals surface area (Å²) >= 11 is 0. The molecule has 0 spiro atoms. The smallest absolute Gasteiger partial charge is 0.416 e. The number of benzene rings is 1. The molecule has 1 aromatic carbocycles. The van der Waals surface area contributed by atoms with Gasteiger partial charge >= 0.3 is 11.7 Å². The number of rotatable bonds is 3. The second-order valence-electron chi connectivity index (χ2n) is 4.70. The van der Waals surface area contributed by atoms with E-state index in [1.54, 1.807) is 0 Å². The zero-order valence-electron chi connectivity index (χ0n) is 11.7. The van der Waals surface area contributed by atoms with Crippen LogP contribution in [0.15, 0.2) is 29.2 Å². The molecule has 23 heavy (non-hydrogen) atoms. The molecule has 6 nitrogen and oxygen atoms in total. The van der Waals surface area contributed by atoms with Crippen LogP contribution in [-0.2, 0) is 29.7 Å². The van der Waals surface area contributed by atoms with Gasteiger partial charge in [-0.15, -0.1) is 0 Å². The number of hydrogen-bond acceptors (Lipinski definition) is 5. The summed E-state index contributed by atoms with van der Waals surface area (Å²) in [5.74, 6) is -1.38. The lowest BCUT2D eigenvalue weighted by Gasteiger charge is -2.13. The van der Waals surface area contributed by atoms with Gasteiger partial charge in [0.05, 0.1) is 17.5 Å². The summed E-state index contributed by atoms with van der Waals surface area (Å²) in [5.41, 5.74) is -2.18. The minimum absolute atomic E-state index is 0.0000926. The first-order valence-electron chi connectivity index (χ1n) is 6.19. The highest BCUT2D eigenvalue weighted by Crippen LogP contribution is 2.35. The number of alkyl halides is 3. The van der Waals surface area contributed by atoms with Gasteiger partial charge in [0.2, 0.25) is 0 Å². The van der Waals surface area contributed by atoms with E-state index < -0.39 is 39.5 Å². The SMILES string of the molecule is Cn1ncc(-c2ccc(C(F)(F)F)cc2C[SH](=O)=O)c(O)c1=O. The van der Waals surface area contributed by atoms with Gasteiger partial charge in [0, 0.05) is 12.6 Å². The maximum atomic E-state index is 12.8. The van der Waals surface area contributed by atoms with Crippen molar-refractivity contribution in [1.82, 2.24) is 9.78 Å². The van der Waals surface area contributed by atoms with Crippen molar-refractivity contribution in [2.75, 3.05) is 0 Å². The van der Waals surface area contributed by atoms with E-state index in [9.17, 15) is 31.5 Å². The van der Waals surface area contributed by atoms with Crippen molar-refractivity contribution < 1.29 is 26.7 Å². The van der Waals surface area contributed by atoms with E-state index in [1.165, 1.54) is 7.05 Å². The lowest BCUT2D eigenvalue weighted by Crippen LogP contribution is -2.19. The van der Waals surface area contributed by atoms with Crippen LogP contribution in [0.1, 0.15) is 11.1 Å². The minimum atomic E-state index is -4.64. The van der Waals surface area contributed by atoms with Gasteiger partial charge in [-0.2, -0.15) is 18.3 Å². The van der Waals surface area contributed by atoms with Crippen molar-refractivity contribution in [3.63, 3.8) is 0 Å². The number of aromatic hydroxyl groups is 1. The fourth-order valence-electron chi connectivity index (χ4n) is 2.03.